The van der Waals surface area contributed by atoms with Gasteiger partial charge >= 0.3 is 6.09 Å². The standard InChI is InChI=1S/C14H16N2O2/c1-2-10-7-15-13-4-3-9(6-12(10)13)5-11-8-18-14(17)16-11/h3-4,6-7,11,15H,2,5,8H2,1H3,(H,16,17)/t11-/m0/s1. The molecule has 2 aromatic rings. The van der Waals surface area contributed by atoms with Gasteiger partial charge in [-0.15, -0.1) is 0 Å². The van der Waals surface area contributed by atoms with E-state index in [1.807, 2.05) is 0 Å². The summed E-state index contributed by atoms with van der Waals surface area (Å²) >= 11 is 0. The number of H-pyrrole nitrogens is 1. The van der Waals surface area contributed by atoms with Gasteiger partial charge in [0, 0.05) is 17.1 Å². The quantitative estimate of drug-likeness (QED) is 0.871. The first kappa shape index (κ1) is 11.1. The number of carbonyl (C=O) groups is 1. The van der Waals surface area contributed by atoms with E-state index >= 15 is 0 Å². The Balaban J connectivity index is 1.86. The molecule has 0 radical (unpaired) electrons. The van der Waals surface area contributed by atoms with E-state index in [1.165, 1.54) is 22.0 Å². The molecule has 94 valence electrons. The molecule has 0 aliphatic carbocycles. The summed E-state index contributed by atoms with van der Waals surface area (Å²) in [6.45, 7) is 2.62. The van der Waals surface area contributed by atoms with Crippen LogP contribution < -0.4 is 5.32 Å². The van der Waals surface area contributed by atoms with E-state index < -0.39 is 0 Å². The third kappa shape index (κ3) is 1.94. The number of fused-ring (bicyclic) bond motifs is 1. The zero-order valence-electron chi connectivity index (χ0n) is 10.3. The number of hydrogen-bond acceptors (Lipinski definition) is 2. The van der Waals surface area contributed by atoms with Crippen molar-refractivity contribution in [2.45, 2.75) is 25.8 Å². The summed E-state index contributed by atoms with van der Waals surface area (Å²) in [4.78, 5) is 14.2. The van der Waals surface area contributed by atoms with Crippen LogP contribution in [0.4, 0.5) is 4.79 Å². The van der Waals surface area contributed by atoms with E-state index in [1.54, 1.807) is 0 Å². The van der Waals surface area contributed by atoms with E-state index in [9.17, 15) is 4.79 Å². The van der Waals surface area contributed by atoms with E-state index in [0.29, 0.717) is 6.61 Å². The molecule has 1 amide bonds. The van der Waals surface area contributed by atoms with Crippen LogP contribution in [-0.2, 0) is 17.6 Å². The van der Waals surface area contributed by atoms with Crippen molar-refractivity contribution in [1.29, 1.82) is 0 Å². The number of ether oxygens (including phenoxy) is 1. The topological polar surface area (TPSA) is 54.1 Å². The summed E-state index contributed by atoms with van der Waals surface area (Å²) in [7, 11) is 0. The van der Waals surface area contributed by atoms with Crippen molar-refractivity contribution in [3.05, 3.63) is 35.5 Å². The second kappa shape index (κ2) is 4.37. The van der Waals surface area contributed by atoms with Gasteiger partial charge in [0.05, 0.1) is 6.04 Å². The number of carbonyl (C=O) groups excluding carboxylic acids is 1. The van der Waals surface area contributed by atoms with Gasteiger partial charge in [0.2, 0.25) is 0 Å². The molecule has 1 aromatic carbocycles. The van der Waals surface area contributed by atoms with Gasteiger partial charge < -0.3 is 15.0 Å². The fourth-order valence-electron chi connectivity index (χ4n) is 2.47. The number of cyclic esters (lactones) is 1. The first-order chi connectivity index (χ1) is 8.76. The molecule has 0 bridgehead atoms. The van der Waals surface area contributed by atoms with Gasteiger partial charge in [0.25, 0.3) is 0 Å². The normalized spacial score (nSPS) is 18.9. The Morgan fingerprint density at radius 1 is 1.44 bits per heavy atom. The third-order valence-electron chi connectivity index (χ3n) is 3.43. The SMILES string of the molecule is CCc1c[nH]c2ccc(C[C@H]3COC(=O)N3)cc12. The van der Waals surface area contributed by atoms with Gasteiger partial charge in [0.1, 0.15) is 6.61 Å². The molecule has 1 saturated heterocycles. The second-order valence-electron chi connectivity index (χ2n) is 4.69. The van der Waals surface area contributed by atoms with Crippen LogP contribution in [0, 0.1) is 0 Å². The summed E-state index contributed by atoms with van der Waals surface area (Å²) in [5.41, 5.74) is 3.73. The number of aryl methyl sites for hydroxylation is 1. The Morgan fingerprint density at radius 2 is 2.33 bits per heavy atom. The molecule has 4 nitrogen and oxygen atoms in total. The number of amides is 1. The van der Waals surface area contributed by atoms with Crippen LogP contribution in [0.15, 0.2) is 24.4 Å². The first-order valence-corrected chi connectivity index (χ1v) is 6.28. The number of aromatic amines is 1. The smallest absolute Gasteiger partial charge is 0.407 e. The Bertz CT molecular complexity index is 588. The first-order valence-electron chi connectivity index (χ1n) is 6.28. The van der Waals surface area contributed by atoms with Crippen LogP contribution >= 0.6 is 0 Å². The van der Waals surface area contributed by atoms with Crippen LogP contribution in [0.3, 0.4) is 0 Å². The molecule has 2 heterocycles. The van der Waals surface area contributed by atoms with Gasteiger partial charge in [-0.25, -0.2) is 4.79 Å². The third-order valence-corrected chi connectivity index (χ3v) is 3.43. The predicted molar refractivity (Wildman–Crippen MR) is 69.7 cm³/mol. The van der Waals surface area contributed by atoms with Gasteiger partial charge in [-0.2, -0.15) is 0 Å². The summed E-state index contributed by atoms with van der Waals surface area (Å²) in [6.07, 6.45) is 3.59. The lowest BCUT2D eigenvalue weighted by Crippen LogP contribution is -2.28. The van der Waals surface area contributed by atoms with Gasteiger partial charge in [-0.05, 0) is 36.1 Å². The van der Waals surface area contributed by atoms with Gasteiger partial charge in [-0.1, -0.05) is 13.0 Å². The highest BCUT2D eigenvalue weighted by molar-refractivity contribution is 5.84. The molecule has 3 rings (SSSR count). The van der Waals surface area contributed by atoms with E-state index in [4.69, 9.17) is 4.74 Å². The minimum Gasteiger partial charge on any atom is -0.447 e. The highest BCUT2D eigenvalue weighted by Gasteiger charge is 2.22. The van der Waals surface area contributed by atoms with Crippen molar-refractivity contribution in [1.82, 2.24) is 10.3 Å². The highest BCUT2D eigenvalue weighted by Crippen LogP contribution is 2.21. The number of hydrogen-bond donors (Lipinski definition) is 2. The van der Waals surface area contributed by atoms with Crippen LogP contribution in [-0.4, -0.2) is 23.7 Å². The molecule has 4 heteroatoms. The lowest BCUT2D eigenvalue weighted by atomic mass is 10.0. The van der Waals surface area contributed by atoms with Crippen LogP contribution in [0.25, 0.3) is 10.9 Å². The number of benzene rings is 1. The van der Waals surface area contributed by atoms with Gasteiger partial charge in [0.15, 0.2) is 0 Å². The summed E-state index contributed by atoms with van der Waals surface area (Å²) in [5.74, 6) is 0. The Labute approximate surface area is 105 Å². The highest BCUT2D eigenvalue weighted by atomic mass is 16.6. The fraction of sp³-hybridized carbons (Fsp3) is 0.357. The lowest BCUT2D eigenvalue weighted by molar-refractivity contribution is 0.177. The number of aromatic nitrogens is 1. The Morgan fingerprint density at radius 3 is 3.06 bits per heavy atom. The maximum absolute atomic E-state index is 11.0. The van der Waals surface area contributed by atoms with E-state index in [-0.39, 0.29) is 12.1 Å². The molecular formula is C14H16N2O2. The molecule has 1 aliphatic heterocycles. The number of nitrogens with one attached hydrogen (secondary N) is 2. The molecule has 1 aromatic heterocycles. The Hall–Kier alpha value is -1.97. The van der Waals surface area contributed by atoms with Crippen LogP contribution in [0.5, 0.6) is 0 Å². The maximum atomic E-state index is 11.0. The van der Waals surface area contributed by atoms with Crippen molar-refractivity contribution < 1.29 is 9.53 Å². The maximum Gasteiger partial charge on any atom is 0.407 e. The molecule has 0 spiro atoms. The fourth-order valence-corrected chi connectivity index (χ4v) is 2.47. The average Bonchev–Trinajstić information content (AvgIpc) is 2.95. The predicted octanol–water partition coefficient (Wildman–Crippen LogP) is 2.38. The summed E-state index contributed by atoms with van der Waals surface area (Å²) < 4.78 is 4.90. The molecular weight excluding hydrogens is 228 g/mol. The average molecular weight is 244 g/mol. The number of alkyl carbamates (subject to hydrolysis) is 1. The molecule has 18 heavy (non-hydrogen) atoms. The summed E-state index contributed by atoms with van der Waals surface area (Å²) in [5, 5.41) is 4.08. The molecule has 1 aliphatic rings. The molecule has 1 fully saturated rings. The van der Waals surface area contributed by atoms with Crippen molar-refractivity contribution >= 4 is 17.0 Å². The van der Waals surface area contributed by atoms with Gasteiger partial charge in [-0.3, -0.25) is 0 Å². The van der Waals surface area contributed by atoms with Crippen LogP contribution in [0.2, 0.25) is 0 Å². The van der Waals surface area contributed by atoms with Crippen molar-refractivity contribution in [2.75, 3.05) is 6.61 Å². The monoisotopic (exact) mass is 244 g/mol. The zero-order chi connectivity index (χ0) is 12.5. The molecule has 1 atom stereocenters. The molecule has 0 saturated carbocycles. The Kier molecular flexibility index (Phi) is 2.70. The van der Waals surface area contributed by atoms with Crippen LogP contribution in [0.1, 0.15) is 18.1 Å². The molecule has 0 unspecified atom stereocenters. The largest absolute Gasteiger partial charge is 0.447 e. The van der Waals surface area contributed by atoms with Crippen molar-refractivity contribution in [3.63, 3.8) is 0 Å². The zero-order valence-corrected chi connectivity index (χ0v) is 10.3. The summed E-state index contributed by atoms with van der Waals surface area (Å²) in [6, 6.07) is 6.50. The van der Waals surface area contributed by atoms with E-state index in [2.05, 4.69) is 41.6 Å². The minimum atomic E-state index is -0.308. The molecule has 2 N–H and O–H groups in total. The minimum absolute atomic E-state index is 0.0963. The second-order valence-corrected chi connectivity index (χ2v) is 4.69. The number of rotatable bonds is 3. The van der Waals surface area contributed by atoms with E-state index in [0.717, 1.165) is 12.8 Å². The van der Waals surface area contributed by atoms with Crippen molar-refractivity contribution in [3.8, 4) is 0 Å². The van der Waals surface area contributed by atoms with Crippen molar-refractivity contribution in [2.24, 2.45) is 0 Å². The lowest BCUT2D eigenvalue weighted by Gasteiger charge is -2.07.